The van der Waals surface area contributed by atoms with E-state index in [1.165, 1.54) is 83.3 Å². The molecule has 2 unspecified atom stereocenters. The van der Waals surface area contributed by atoms with E-state index >= 15 is 0 Å². The van der Waals surface area contributed by atoms with Gasteiger partial charge in [-0.05, 0) is 107 Å². The predicted octanol–water partition coefficient (Wildman–Crippen LogP) is 14.6. The Balaban J connectivity index is 1.30. The first-order valence-electron chi connectivity index (χ1n) is 20.7. The molecule has 0 spiro atoms. The van der Waals surface area contributed by atoms with Gasteiger partial charge in [0.2, 0.25) is 0 Å². The fourth-order valence-electron chi connectivity index (χ4n) is 10.5. The van der Waals surface area contributed by atoms with Crippen molar-refractivity contribution in [2.75, 3.05) is 9.80 Å². The molecule has 276 valence electrons. The third kappa shape index (κ3) is 5.31. The van der Waals surface area contributed by atoms with E-state index in [1.807, 2.05) is 0 Å². The van der Waals surface area contributed by atoms with Crippen LogP contribution in [0.25, 0.3) is 33.2 Å². The second-order valence-corrected chi connectivity index (χ2v) is 16.6. The normalized spacial score (nSPS) is 19.6. The summed E-state index contributed by atoms with van der Waals surface area (Å²) < 4.78 is 0. The second kappa shape index (κ2) is 13.4. The lowest BCUT2D eigenvalue weighted by Gasteiger charge is -2.42. The summed E-state index contributed by atoms with van der Waals surface area (Å²) in [4.78, 5) is 5.28. The summed E-state index contributed by atoms with van der Waals surface area (Å²) in [6, 6.07) is 43.2. The van der Waals surface area contributed by atoms with Crippen LogP contribution >= 0.6 is 0 Å². The number of hydrogen-bond acceptors (Lipinski definition) is 2. The Morgan fingerprint density at radius 3 is 2.21 bits per heavy atom. The van der Waals surface area contributed by atoms with Crippen molar-refractivity contribution < 1.29 is 0 Å². The Morgan fingerprint density at radius 1 is 0.614 bits per heavy atom. The molecular formula is C55H46N2. The summed E-state index contributed by atoms with van der Waals surface area (Å²) in [5.74, 6) is 0.228. The van der Waals surface area contributed by atoms with E-state index in [0.717, 1.165) is 31.4 Å². The monoisotopic (exact) mass is 734 g/mol. The zero-order chi connectivity index (χ0) is 38.1. The lowest BCUT2D eigenvalue weighted by Crippen LogP contribution is -2.38. The van der Waals surface area contributed by atoms with Crippen molar-refractivity contribution in [3.63, 3.8) is 0 Å². The number of anilines is 5. The summed E-state index contributed by atoms with van der Waals surface area (Å²) in [7, 11) is 0. The highest BCUT2D eigenvalue weighted by molar-refractivity contribution is 6.14. The third-order valence-electron chi connectivity index (χ3n) is 13.1. The Kier molecular flexibility index (Phi) is 7.96. The zero-order valence-electron chi connectivity index (χ0n) is 32.7. The highest BCUT2D eigenvalue weighted by Crippen LogP contribution is 2.57. The average Bonchev–Trinajstić information content (AvgIpc) is 3.49. The highest BCUT2D eigenvalue weighted by atomic mass is 15.2. The number of nitrogens with zero attached hydrogens (tertiary/aromatic N) is 2. The van der Waals surface area contributed by atoms with Gasteiger partial charge >= 0.3 is 0 Å². The maximum atomic E-state index is 2.70. The summed E-state index contributed by atoms with van der Waals surface area (Å²) in [5, 5.41) is 5.10. The highest BCUT2D eigenvalue weighted by Gasteiger charge is 2.40. The van der Waals surface area contributed by atoms with E-state index in [4.69, 9.17) is 0 Å². The topological polar surface area (TPSA) is 6.48 Å². The number of benzene rings is 6. The van der Waals surface area contributed by atoms with Crippen LogP contribution in [-0.4, -0.2) is 6.04 Å². The van der Waals surface area contributed by atoms with Crippen molar-refractivity contribution >= 4 is 61.6 Å². The van der Waals surface area contributed by atoms with Gasteiger partial charge in [-0.25, -0.2) is 0 Å². The van der Waals surface area contributed by atoms with Gasteiger partial charge in [0.05, 0.1) is 23.1 Å². The minimum atomic E-state index is -0.104. The molecule has 0 heterocycles. The van der Waals surface area contributed by atoms with Gasteiger partial charge in [-0.2, -0.15) is 0 Å². The van der Waals surface area contributed by atoms with Crippen LogP contribution in [0.1, 0.15) is 55.4 Å². The molecule has 0 bridgehead atoms. The van der Waals surface area contributed by atoms with Gasteiger partial charge in [0.25, 0.3) is 0 Å². The van der Waals surface area contributed by atoms with Gasteiger partial charge in [0.1, 0.15) is 0 Å². The van der Waals surface area contributed by atoms with E-state index < -0.39 is 0 Å². The minimum Gasteiger partial charge on any atom is -0.333 e. The number of allylic oxidation sites excluding steroid dienone is 10. The molecule has 0 aromatic heterocycles. The maximum absolute atomic E-state index is 2.70. The van der Waals surface area contributed by atoms with E-state index in [2.05, 4.69) is 206 Å². The first-order chi connectivity index (χ1) is 28.1. The van der Waals surface area contributed by atoms with Crippen LogP contribution in [-0.2, 0) is 11.8 Å². The first kappa shape index (κ1) is 33.9. The van der Waals surface area contributed by atoms with Crippen molar-refractivity contribution in [2.24, 2.45) is 5.92 Å². The molecule has 11 rings (SSSR count). The van der Waals surface area contributed by atoms with Gasteiger partial charge in [-0.1, -0.05) is 153 Å². The van der Waals surface area contributed by atoms with Crippen LogP contribution in [0.15, 0.2) is 187 Å². The van der Waals surface area contributed by atoms with Crippen molar-refractivity contribution in [2.45, 2.75) is 51.0 Å². The van der Waals surface area contributed by atoms with Gasteiger partial charge in [-0.15, -0.1) is 0 Å². The lowest BCUT2D eigenvalue weighted by molar-refractivity contribution is 0.638. The number of fused-ring (bicyclic) bond motifs is 6. The van der Waals surface area contributed by atoms with Crippen LogP contribution in [0.3, 0.4) is 0 Å². The van der Waals surface area contributed by atoms with Gasteiger partial charge in [-0.3, -0.25) is 0 Å². The molecule has 0 radical (unpaired) electrons. The van der Waals surface area contributed by atoms with Crippen LogP contribution in [0.5, 0.6) is 0 Å². The quantitative estimate of drug-likeness (QED) is 0.157. The molecule has 0 fully saturated rings. The first-order valence-corrected chi connectivity index (χ1v) is 20.7. The van der Waals surface area contributed by atoms with Crippen molar-refractivity contribution in [1.82, 2.24) is 0 Å². The Hall–Kier alpha value is -6.38. The number of rotatable bonds is 6. The van der Waals surface area contributed by atoms with Gasteiger partial charge < -0.3 is 9.80 Å². The number of hydrogen-bond donors (Lipinski definition) is 0. The Bertz CT molecular complexity index is 2820. The molecular weight excluding hydrogens is 689 g/mol. The molecule has 2 atom stereocenters. The molecule has 0 saturated carbocycles. The van der Waals surface area contributed by atoms with E-state index in [-0.39, 0.29) is 17.4 Å². The van der Waals surface area contributed by atoms with Crippen LogP contribution in [0, 0.1) is 5.92 Å². The Morgan fingerprint density at radius 2 is 1.35 bits per heavy atom. The fraction of sp³-hybridized carbons (Fsp3) is 0.164. The average molecular weight is 735 g/mol. The number of para-hydroxylation sites is 2. The SMILES string of the molecule is CC1(C)C2=C(CCC=C2)c2cc3c(N(c4ccccc4)c4cccc5ccccc45)c4c(c(N(c5ccccc5)C5C=CC=C6C=CC=CC65)c3cc21)CCC=C4. The summed E-state index contributed by atoms with van der Waals surface area (Å²) in [6.07, 6.45) is 29.9. The molecule has 2 nitrogen and oxygen atoms in total. The standard InChI is InChI=1S/C55H46N2/c1-55(2)49-32-16-15-29-43(49)46-35-47-48(36-50(46)55)54(57(40-25-7-4-8-26-40)52-34-18-22-38-20-10-12-28-42(38)52)45-31-14-13-30-44(45)53(47)56(39-23-5-3-6-24-39)51-33-17-21-37-19-9-11-27-41(37)51/h3-13,16-28,30,32-36,42,52H,14-15,29,31H2,1-2H3. The largest absolute Gasteiger partial charge is 0.333 e. The zero-order valence-corrected chi connectivity index (χ0v) is 32.7. The summed E-state index contributed by atoms with van der Waals surface area (Å²) >= 11 is 0. The van der Waals surface area contributed by atoms with Crippen LogP contribution in [0.2, 0.25) is 0 Å². The van der Waals surface area contributed by atoms with E-state index in [0.29, 0.717) is 0 Å². The molecule has 0 N–H and O–H groups in total. The molecule has 57 heavy (non-hydrogen) atoms. The molecule has 0 amide bonds. The molecule has 6 aromatic rings. The molecule has 6 aromatic carbocycles. The smallest absolute Gasteiger partial charge is 0.0629 e. The molecule has 5 aliphatic carbocycles. The van der Waals surface area contributed by atoms with Gasteiger partial charge in [0.15, 0.2) is 0 Å². The molecule has 2 heteroatoms. The van der Waals surface area contributed by atoms with Crippen molar-refractivity contribution in [1.29, 1.82) is 0 Å². The van der Waals surface area contributed by atoms with Crippen LogP contribution < -0.4 is 9.80 Å². The predicted molar refractivity (Wildman–Crippen MR) is 243 cm³/mol. The second-order valence-electron chi connectivity index (χ2n) is 16.6. The van der Waals surface area contributed by atoms with Gasteiger partial charge in [0, 0.05) is 44.4 Å². The Labute approximate surface area is 336 Å². The lowest BCUT2D eigenvalue weighted by atomic mass is 9.78. The fourth-order valence-corrected chi connectivity index (χ4v) is 10.5. The maximum Gasteiger partial charge on any atom is 0.0629 e. The van der Waals surface area contributed by atoms with E-state index in [1.54, 1.807) is 0 Å². The van der Waals surface area contributed by atoms with E-state index in [9.17, 15) is 0 Å². The summed E-state index contributed by atoms with van der Waals surface area (Å²) in [5.41, 5.74) is 16.0. The summed E-state index contributed by atoms with van der Waals surface area (Å²) in [6.45, 7) is 4.89. The molecule has 0 aliphatic heterocycles. The molecule has 5 aliphatic rings. The van der Waals surface area contributed by atoms with Crippen molar-refractivity contribution in [3.8, 4) is 0 Å². The van der Waals surface area contributed by atoms with Crippen molar-refractivity contribution in [3.05, 3.63) is 209 Å². The molecule has 0 saturated heterocycles. The van der Waals surface area contributed by atoms with Crippen LogP contribution in [0.4, 0.5) is 28.4 Å². The third-order valence-corrected chi connectivity index (χ3v) is 13.1. The minimum absolute atomic E-state index is 0.0940.